The average Bonchev–Trinajstić information content (AvgIpc) is 1.85. The highest BCUT2D eigenvalue weighted by Gasteiger charge is 1.89. The third-order valence-electron chi connectivity index (χ3n) is 1.17. The van der Waals surface area contributed by atoms with Crippen molar-refractivity contribution in [3.63, 3.8) is 0 Å². The van der Waals surface area contributed by atoms with Crippen LogP contribution in [-0.2, 0) is 9.71 Å². The van der Waals surface area contributed by atoms with E-state index in [1.165, 1.54) is 6.26 Å². The van der Waals surface area contributed by atoms with Crippen molar-refractivity contribution >= 4 is 15.1 Å². The molecule has 60 valence electrons. The van der Waals surface area contributed by atoms with Gasteiger partial charge < -0.3 is 0 Å². The number of hydrogen-bond acceptors (Lipinski definition) is 1. The lowest BCUT2D eigenvalue weighted by Crippen LogP contribution is -2.12. The molecular formula is C8H11NOS. The van der Waals surface area contributed by atoms with Crippen molar-refractivity contribution in [2.24, 2.45) is 5.14 Å². The van der Waals surface area contributed by atoms with Gasteiger partial charge in [-0.25, -0.2) is 0 Å². The first kappa shape index (κ1) is 8.30. The SMILES string of the molecule is CS(N)(=O)=Cc1ccccc1. The maximum absolute atomic E-state index is 11.1. The Hall–Kier alpha value is -0.800. The first-order valence-corrected chi connectivity index (χ1v) is 5.34. The summed E-state index contributed by atoms with van der Waals surface area (Å²) in [7, 11) is -2.25. The molecule has 1 unspecified atom stereocenters. The molecule has 0 heterocycles. The van der Waals surface area contributed by atoms with E-state index in [-0.39, 0.29) is 0 Å². The smallest absolute Gasteiger partial charge is 0.0268 e. The van der Waals surface area contributed by atoms with Crippen molar-refractivity contribution in [1.82, 2.24) is 0 Å². The first-order valence-electron chi connectivity index (χ1n) is 3.25. The Bertz CT molecular complexity index is 328. The van der Waals surface area contributed by atoms with Gasteiger partial charge in [0.05, 0.1) is 0 Å². The lowest BCUT2D eigenvalue weighted by Gasteiger charge is -1.94. The second-order valence-corrected chi connectivity index (χ2v) is 4.66. The van der Waals surface area contributed by atoms with Crippen LogP contribution >= 0.6 is 0 Å². The largest absolute Gasteiger partial charge is 0.259 e. The molecule has 11 heavy (non-hydrogen) atoms. The molecule has 0 aliphatic carbocycles. The molecule has 0 amide bonds. The van der Waals surface area contributed by atoms with Gasteiger partial charge in [-0.05, 0) is 5.56 Å². The van der Waals surface area contributed by atoms with E-state index in [0.717, 1.165) is 5.56 Å². The van der Waals surface area contributed by atoms with Crippen LogP contribution < -0.4 is 5.14 Å². The minimum Gasteiger partial charge on any atom is -0.259 e. The fourth-order valence-corrected chi connectivity index (χ4v) is 1.50. The van der Waals surface area contributed by atoms with Gasteiger partial charge in [0.15, 0.2) is 0 Å². The third-order valence-corrected chi connectivity index (χ3v) is 1.91. The number of benzene rings is 1. The summed E-state index contributed by atoms with van der Waals surface area (Å²) in [5.41, 5.74) is 0.905. The summed E-state index contributed by atoms with van der Waals surface area (Å²) in [6.07, 6.45) is 1.51. The fraction of sp³-hybridized carbons (Fsp3) is 0.125. The zero-order chi connectivity index (χ0) is 8.32. The summed E-state index contributed by atoms with van der Waals surface area (Å²) in [5.74, 6) is 0. The molecule has 1 aromatic rings. The van der Waals surface area contributed by atoms with Gasteiger partial charge in [0.2, 0.25) is 0 Å². The highest BCUT2D eigenvalue weighted by atomic mass is 32.2. The van der Waals surface area contributed by atoms with Crippen LogP contribution in [0.15, 0.2) is 30.3 Å². The molecule has 0 aliphatic rings. The van der Waals surface area contributed by atoms with Gasteiger partial charge in [0.1, 0.15) is 0 Å². The van der Waals surface area contributed by atoms with E-state index < -0.39 is 9.71 Å². The van der Waals surface area contributed by atoms with Crippen LogP contribution in [0.3, 0.4) is 0 Å². The van der Waals surface area contributed by atoms with Gasteiger partial charge in [-0.15, -0.1) is 0 Å². The van der Waals surface area contributed by atoms with E-state index in [9.17, 15) is 4.21 Å². The van der Waals surface area contributed by atoms with Crippen molar-refractivity contribution in [1.29, 1.82) is 0 Å². The molecular weight excluding hydrogens is 158 g/mol. The fourth-order valence-electron chi connectivity index (χ4n) is 0.802. The second kappa shape index (κ2) is 3.07. The van der Waals surface area contributed by atoms with Gasteiger partial charge in [-0.1, -0.05) is 30.3 Å². The average molecular weight is 169 g/mol. The summed E-state index contributed by atoms with van der Waals surface area (Å²) in [6.45, 7) is 0. The van der Waals surface area contributed by atoms with Crippen LogP contribution in [0, 0.1) is 0 Å². The van der Waals surface area contributed by atoms with Crippen LogP contribution in [-0.4, -0.2) is 15.8 Å². The summed E-state index contributed by atoms with van der Waals surface area (Å²) in [5, 5.41) is 6.92. The van der Waals surface area contributed by atoms with Crippen molar-refractivity contribution < 1.29 is 4.21 Å². The van der Waals surface area contributed by atoms with Gasteiger partial charge >= 0.3 is 0 Å². The normalized spacial score (nSPS) is 15.5. The molecule has 0 fully saturated rings. The number of hydrogen-bond donors (Lipinski definition) is 1. The van der Waals surface area contributed by atoms with E-state index in [2.05, 4.69) is 0 Å². The van der Waals surface area contributed by atoms with Crippen LogP contribution in [0.1, 0.15) is 5.56 Å². The molecule has 1 rings (SSSR count). The Kier molecular flexibility index (Phi) is 2.31. The zero-order valence-corrected chi connectivity index (χ0v) is 7.17. The van der Waals surface area contributed by atoms with E-state index in [1.807, 2.05) is 30.3 Å². The van der Waals surface area contributed by atoms with Gasteiger partial charge in [-0.2, -0.15) is 0 Å². The van der Waals surface area contributed by atoms with Gasteiger partial charge in [-0.3, -0.25) is 9.35 Å². The van der Waals surface area contributed by atoms with Crippen LogP contribution in [0.2, 0.25) is 0 Å². The third kappa shape index (κ3) is 3.20. The molecule has 0 bridgehead atoms. The summed E-state index contributed by atoms with van der Waals surface area (Å²) < 4.78 is 11.1. The molecule has 0 aliphatic heterocycles. The monoisotopic (exact) mass is 169 g/mol. The highest BCUT2D eigenvalue weighted by molar-refractivity contribution is 7.98. The van der Waals surface area contributed by atoms with E-state index in [1.54, 1.807) is 5.37 Å². The minimum atomic E-state index is -2.25. The molecule has 0 spiro atoms. The Morgan fingerprint density at radius 1 is 1.36 bits per heavy atom. The lowest BCUT2D eigenvalue weighted by molar-refractivity contribution is 0.686. The molecule has 0 saturated carbocycles. The lowest BCUT2D eigenvalue weighted by atomic mass is 10.2. The minimum absolute atomic E-state index is 0.905. The second-order valence-electron chi connectivity index (χ2n) is 2.50. The molecule has 1 atom stereocenters. The summed E-state index contributed by atoms with van der Waals surface area (Å²) >= 11 is 0. The molecule has 2 nitrogen and oxygen atoms in total. The molecule has 0 aromatic heterocycles. The highest BCUT2D eigenvalue weighted by Crippen LogP contribution is 1.94. The van der Waals surface area contributed by atoms with Crippen molar-refractivity contribution in [2.75, 3.05) is 6.26 Å². The Morgan fingerprint density at radius 3 is 2.36 bits per heavy atom. The molecule has 3 heteroatoms. The predicted octanol–water partition coefficient (Wildman–Crippen LogP) is 0.625. The van der Waals surface area contributed by atoms with Crippen molar-refractivity contribution in [3.05, 3.63) is 35.9 Å². The molecule has 1 aromatic carbocycles. The van der Waals surface area contributed by atoms with Crippen LogP contribution in [0.5, 0.6) is 0 Å². The first-order chi connectivity index (χ1) is 5.08. The number of rotatable bonds is 1. The Labute approximate surface area is 67.2 Å². The quantitative estimate of drug-likeness (QED) is 0.615. The van der Waals surface area contributed by atoms with Crippen LogP contribution in [0.25, 0.3) is 0 Å². The number of nitrogens with two attached hydrogens (primary N) is 1. The van der Waals surface area contributed by atoms with Crippen LogP contribution in [0.4, 0.5) is 0 Å². The standard InChI is InChI=1S/C8H11NOS/c1-11(9,10)7-8-5-3-2-4-6-8/h2-7H,1H3,(H2,9,10). The van der Waals surface area contributed by atoms with E-state index in [0.29, 0.717) is 0 Å². The van der Waals surface area contributed by atoms with E-state index in [4.69, 9.17) is 5.14 Å². The summed E-state index contributed by atoms with van der Waals surface area (Å²) in [6, 6.07) is 9.42. The van der Waals surface area contributed by atoms with Gasteiger partial charge in [0, 0.05) is 21.3 Å². The maximum atomic E-state index is 11.1. The van der Waals surface area contributed by atoms with Gasteiger partial charge in [0.25, 0.3) is 0 Å². The molecule has 0 saturated heterocycles. The topological polar surface area (TPSA) is 43.1 Å². The molecule has 2 N–H and O–H groups in total. The van der Waals surface area contributed by atoms with E-state index >= 15 is 0 Å². The maximum Gasteiger partial charge on any atom is 0.0268 e. The predicted molar refractivity (Wildman–Crippen MR) is 49.9 cm³/mol. The van der Waals surface area contributed by atoms with Crippen molar-refractivity contribution in [3.8, 4) is 0 Å². The summed E-state index contributed by atoms with van der Waals surface area (Å²) in [4.78, 5) is 0. The Balaban J connectivity index is 3.08. The molecule has 0 radical (unpaired) electrons. The van der Waals surface area contributed by atoms with Crippen molar-refractivity contribution in [2.45, 2.75) is 0 Å². The zero-order valence-electron chi connectivity index (χ0n) is 6.36. The Morgan fingerprint density at radius 2 is 1.91 bits per heavy atom.